The normalized spacial score (nSPS) is 10.8. The van der Waals surface area contributed by atoms with Gasteiger partial charge in [-0.1, -0.05) is 37.9 Å². The molecule has 3 aromatic carbocycles. The number of carbonyl (C=O) groups is 3. The molecule has 0 aliphatic heterocycles. The molecule has 0 radical (unpaired) electrons. The van der Waals surface area contributed by atoms with E-state index in [1.165, 1.54) is 4.68 Å². The lowest BCUT2D eigenvalue weighted by Crippen LogP contribution is -2.36. The summed E-state index contributed by atoms with van der Waals surface area (Å²) >= 11 is 6.88. The summed E-state index contributed by atoms with van der Waals surface area (Å²) in [6.07, 6.45) is 0. The summed E-state index contributed by atoms with van der Waals surface area (Å²) in [4.78, 5) is 38.6. The average Bonchev–Trinajstić information content (AvgIpc) is 3.16. The topological polar surface area (TPSA) is 92.2 Å². The van der Waals surface area contributed by atoms with Gasteiger partial charge in [0.1, 0.15) is 5.69 Å². The fourth-order valence-electron chi connectivity index (χ4n) is 3.55. The van der Waals surface area contributed by atoms with Gasteiger partial charge in [-0.2, -0.15) is 0 Å². The van der Waals surface area contributed by atoms with Crippen molar-refractivity contribution in [2.24, 2.45) is 0 Å². The third kappa shape index (κ3) is 5.47. The minimum atomic E-state index is -0.905. The summed E-state index contributed by atoms with van der Waals surface area (Å²) in [6, 6.07) is 17.9. The van der Waals surface area contributed by atoms with Crippen LogP contribution in [0, 0.1) is 20.8 Å². The summed E-state index contributed by atoms with van der Waals surface area (Å²) in [5, 5.41) is 6.17. The predicted molar refractivity (Wildman–Crippen MR) is 145 cm³/mol. The molecule has 0 atom stereocenters. The highest BCUT2D eigenvalue weighted by molar-refractivity contribution is 9.10. The molecule has 3 N–H and O–H groups in total. The van der Waals surface area contributed by atoms with Crippen LogP contribution in [-0.2, 0) is 9.59 Å². The SMILES string of the molecule is Cc1ccc(NC(=O)C(=O)Nn2c(C(=O)Nc3ccc(Br)c(C)c3)cc3cc(Br)ccc32)cc1C. The number of aryl methyl sites for hydroxylation is 3. The van der Waals surface area contributed by atoms with Crippen LogP contribution in [-0.4, -0.2) is 22.4 Å². The van der Waals surface area contributed by atoms with Crippen molar-refractivity contribution in [2.75, 3.05) is 16.1 Å². The summed E-state index contributed by atoms with van der Waals surface area (Å²) in [6.45, 7) is 5.81. The first-order chi connectivity index (χ1) is 16.6. The maximum absolute atomic E-state index is 13.2. The summed E-state index contributed by atoms with van der Waals surface area (Å²) in [5.74, 6) is -2.19. The first kappa shape index (κ1) is 24.7. The summed E-state index contributed by atoms with van der Waals surface area (Å²) in [5.41, 5.74) is 7.46. The lowest BCUT2D eigenvalue weighted by molar-refractivity contribution is -0.133. The minimum Gasteiger partial charge on any atom is -0.321 e. The van der Waals surface area contributed by atoms with E-state index in [4.69, 9.17) is 0 Å². The molecule has 1 aromatic heterocycles. The molecule has 0 spiro atoms. The molecule has 0 aliphatic carbocycles. The molecule has 0 bridgehead atoms. The maximum atomic E-state index is 13.2. The maximum Gasteiger partial charge on any atom is 0.328 e. The van der Waals surface area contributed by atoms with E-state index in [-0.39, 0.29) is 5.69 Å². The Kier molecular flexibility index (Phi) is 7.09. The predicted octanol–water partition coefficient (Wildman–Crippen LogP) is 6.05. The molecule has 0 aliphatic rings. The largest absolute Gasteiger partial charge is 0.328 e. The van der Waals surface area contributed by atoms with Crippen molar-refractivity contribution in [3.8, 4) is 0 Å². The molecule has 0 unspecified atom stereocenters. The molecule has 7 nitrogen and oxygen atoms in total. The van der Waals surface area contributed by atoms with Gasteiger partial charge in [0, 0.05) is 25.7 Å². The Hall–Kier alpha value is -3.43. The van der Waals surface area contributed by atoms with Gasteiger partial charge in [0.05, 0.1) is 5.52 Å². The second-order valence-corrected chi connectivity index (χ2v) is 9.95. The Morgan fingerprint density at radius 2 is 1.40 bits per heavy atom. The van der Waals surface area contributed by atoms with E-state index in [0.717, 1.165) is 25.6 Å². The van der Waals surface area contributed by atoms with Crippen molar-refractivity contribution in [3.63, 3.8) is 0 Å². The number of benzene rings is 3. The van der Waals surface area contributed by atoms with Crippen LogP contribution < -0.4 is 16.1 Å². The van der Waals surface area contributed by atoms with Crippen molar-refractivity contribution in [1.82, 2.24) is 4.68 Å². The number of amides is 3. The zero-order valence-corrected chi connectivity index (χ0v) is 22.4. The number of halogens is 2. The highest BCUT2D eigenvalue weighted by Gasteiger charge is 2.21. The highest BCUT2D eigenvalue weighted by Crippen LogP contribution is 2.25. The number of rotatable bonds is 4. The molecule has 3 amide bonds. The standard InChI is InChI=1S/C26H22Br2N4O3/c1-14-4-6-19(10-15(14)2)30-25(34)26(35)31-32-22-9-5-18(27)12-17(22)13-23(32)24(33)29-20-7-8-21(28)16(3)11-20/h4-13H,1-3H3,(H,29,33)(H,30,34)(H,31,35). The Bertz CT molecular complexity index is 1490. The van der Waals surface area contributed by atoms with Gasteiger partial charge in [-0.3, -0.25) is 19.8 Å². The van der Waals surface area contributed by atoms with E-state index in [0.29, 0.717) is 22.3 Å². The smallest absolute Gasteiger partial charge is 0.321 e. The monoisotopic (exact) mass is 596 g/mol. The number of anilines is 2. The van der Waals surface area contributed by atoms with Crippen LogP contribution >= 0.6 is 31.9 Å². The van der Waals surface area contributed by atoms with Gasteiger partial charge in [0.15, 0.2) is 0 Å². The third-order valence-corrected chi connectivity index (χ3v) is 6.98. The van der Waals surface area contributed by atoms with Crippen LogP contribution in [0.1, 0.15) is 27.2 Å². The Balaban J connectivity index is 1.62. The number of aromatic nitrogens is 1. The molecule has 0 fully saturated rings. The second kappa shape index (κ2) is 10.1. The van der Waals surface area contributed by atoms with Crippen molar-refractivity contribution >= 4 is 71.9 Å². The van der Waals surface area contributed by atoms with Crippen LogP contribution in [0.15, 0.2) is 69.6 Å². The second-order valence-electron chi connectivity index (χ2n) is 8.18. The molecule has 4 aromatic rings. The van der Waals surface area contributed by atoms with E-state index in [2.05, 4.69) is 47.9 Å². The van der Waals surface area contributed by atoms with Crippen LogP contribution in [0.5, 0.6) is 0 Å². The molecule has 178 valence electrons. The first-order valence-electron chi connectivity index (χ1n) is 10.7. The molecular formula is C26H22Br2N4O3. The zero-order valence-electron chi connectivity index (χ0n) is 19.2. The summed E-state index contributed by atoms with van der Waals surface area (Å²) in [7, 11) is 0. The van der Waals surface area contributed by atoms with E-state index in [9.17, 15) is 14.4 Å². The Morgan fingerprint density at radius 1 is 0.714 bits per heavy atom. The van der Waals surface area contributed by atoms with Crippen molar-refractivity contribution < 1.29 is 14.4 Å². The van der Waals surface area contributed by atoms with Gasteiger partial charge in [-0.25, -0.2) is 4.68 Å². The molecule has 35 heavy (non-hydrogen) atoms. The van der Waals surface area contributed by atoms with E-state index < -0.39 is 17.7 Å². The summed E-state index contributed by atoms with van der Waals surface area (Å²) < 4.78 is 3.07. The van der Waals surface area contributed by atoms with Crippen LogP contribution in [0.2, 0.25) is 0 Å². The van der Waals surface area contributed by atoms with Crippen LogP contribution in [0.25, 0.3) is 10.9 Å². The van der Waals surface area contributed by atoms with Crippen LogP contribution in [0.4, 0.5) is 11.4 Å². The van der Waals surface area contributed by atoms with Gasteiger partial charge in [-0.15, -0.1) is 0 Å². The number of fused-ring (bicyclic) bond motifs is 1. The molecule has 4 rings (SSSR count). The fourth-order valence-corrected chi connectivity index (χ4v) is 4.18. The lowest BCUT2D eigenvalue weighted by Gasteiger charge is -2.13. The van der Waals surface area contributed by atoms with Crippen molar-refractivity contribution in [3.05, 3.63) is 92.0 Å². The number of nitrogens with one attached hydrogen (secondary N) is 3. The Morgan fingerprint density at radius 3 is 2.11 bits per heavy atom. The molecular weight excluding hydrogens is 576 g/mol. The highest BCUT2D eigenvalue weighted by atomic mass is 79.9. The fraction of sp³-hybridized carbons (Fsp3) is 0.115. The van der Waals surface area contributed by atoms with Gasteiger partial charge in [-0.05, 0) is 92.1 Å². The third-order valence-electron chi connectivity index (χ3n) is 5.60. The zero-order chi connectivity index (χ0) is 25.3. The van der Waals surface area contributed by atoms with Gasteiger partial charge in [0.25, 0.3) is 5.91 Å². The molecule has 0 saturated carbocycles. The molecule has 0 saturated heterocycles. The van der Waals surface area contributed by atoms with Gasteiger partial charge < -0.3 is 10.6 Å². The Labute approximate surface area is 219 Å². The van der Waals surface area contributed by atoms with Gasteiger partial charge in [0.2, 0.25) is 0 Å². The van der Waals surface area contributed by atoms with Crippen molar-refractivity contribution in [2.45, 2.75) is 20.8 Å². The van der Waals surface area contributed by atoms with Crippen LogP contribution in [0.3, 0.4) is 0 Å². The lowest BCUT2D eigenvalue weighted by atomic mass is 10.1. The number of hydrogen-bond acceptors (Lipinski definition) is 3. The quantitative estimate of drug-likeness (QED) is 0.250. The number of nitrogens with zero attached hydrogens (tertiary/aromatic N) is 1. The number of hydrogen-bond donors (Lipinski definition) is 3. The minimum absolute atomic E-state index is 0.172. The first-order valence-corrected chi connectivity index (χ1v) is 12.3. The number of carbonyl (C=O) groups excluding carboxylic acids is 3. The van der Waals surface area contributed by atoms with E-state index in [1.54, 1.807) is 36.4 Å². The molecule has 1 heterocycles. The van der Waals surface area contributed by atoms with E-state index in [1.807, 2.05) is 45.0 Å². The van der Waals surface area contributed by atoms with Gasteiger partial charge >= 0.3 is 11.8 Å². The van der Waals surface area contributed by atoms with E-state index >= 15 is 0 Å². The van der Waals surface area contributed by atoms with Crippen molar-refractivity contribution in [1.29, 1.82) is 0 Å². The molecule has 9 heteroatoms. The average molecular weight is 598 g/mol.